The van der Waals surface area contributed by atoms with Gasteiger partial charge in [0.1, 0.15) is 5.65 Å². The molecule has 3 aromatic rings. The Hall–Kier alpha value is -1.80. The second kappa shape index (κ2) is 11.1. The fourth-order valence-corrected chi connectivity index (χ4v) is 2.98. The van der Waals surface area contributed by atoms with Gasteiger partial charge < -0.3 is 15.0 Å². The van der Waals surface area contributed by atoms with Gasteiger partial charge in [-0.25, -0.2) is 4.98 Å². The molecule has 0 aliphatic carbocycles. The topological polar surface area (TPSA) is 53.7 Å². The maximum absolute atomic E-state index is 6.20. The lowest BCUT2D eigenvalue weighted by atomic mass is 10.1. The molecule has 0 amide bonds. The summed E-state index contributed by atoms with van der Waals surface area (Å²) in [6, 6.07) is 13.9. The van der Waals surface area contributed by atoms with E-state index < -0.39 is 0 Å². The van der Waals surface area contributed by atoms with Crippen LogP contribution in [0.15, 0.2) is 59.9 Å². The molecule has 2 aromatic heterocycles. The van der Waals surface area contributed by atoms with Crippen LogP contribution < -0.4 is 10.6 Å². The summed E-state index contributed by atoms with van der Waals surface area (Å²) in [6.45, 7) is 4.36. The minimum Gasteiger partial charge on any atom is -0.357 e. The van der Waals surface area contributed by atoms with Crippen molar-refractivity contribution in [3.05, 3.63) is 71.1 Å². The third-order valence-corrected chi connectivity index (χ3v) is 4.41. The molecule has 27 heavy (non-hydrogen) atoms. The molecule has 5 nitrogen and oxygen atoms in total. The zero-order chi connectivity index (χ0) is 18.2. The first kappa shape index (κ1) is 21.5. The van der Waals surface area contributed by atoms with Gasteiger partial charge in [0.25, 0.3) is 0 Å². The first-order chi connectivity index (χ1) is 12.8. The molecule has 0 spiro atoms. The highest BCUT2D eigenvalue weighted by atomic mass is 127. The summed E-state index contributed by atoms with van der Waals surface area (Å²) in [4.78, 5) is 9.25. The average Bonchev–Trinajstić information content (AvgIpc) is 3.06. The molecule has 144 valence electrons. The molecule has 7 heteroatoms. The number of nitrogens with one attached hydrogen (secondary N) is 2. The number of aliphatic imine (C=N–C) groups is 1. The highest BCUT2D eigenvalue weighted by Gasteiger charge is 2.03. The Morgan fingerprint density at radius 3 is 2.70 bits per heavy atom. The van der Waals surface area contributed by atoms with Crippen LogP contribution >= 0.6 is 35.6 Å². The minimum absolute atomic E-state index is 0. The molecule has 0 aliphatic heterocycles. The number of aromatic nitrogens is 2. The lowest BCUT2D eigenvalue weighted by molar-refractivity contribution is 0.795. The van der Waals surface area contributed by atoms with E-state index >= 15 is 0 Å². The quantitative estimate of drug-likeness (QED) is 0.295. The second-order valence-electron chi connectivity index (χ2n) is 5.98. The number of rotatable bonds is 7. The van der Waals surface area contributed by atoms with Gasteiger partial charge in [-0.1, -0.05) is 35.9 Å². The van der Waals surface area contributed by atoms with Gasteiger partial charge in [0, 0.05) is 43.5 Å². The molecule has 0 bridgehead atoms. The van der Waals surface area contributed by atoms with Crippen LogP contribution in [0.2, 0.25) is 5.02 Å². The van der Waals surface area contributed by atoms with E-state index in [2.05, 4.69) is 39.8 Å². The van der Waals surface area contributed by atoms with Crippen molar-refractivity contribution in [1.29, 1.82) is 0 Å². The Morgan fingerprint density at radius 2 is 1.93 bits per heavy atom. The molecule has 0 fully saturated rings. The monoisotopic (exact) mass is 497 g/mol. The number of pyridine rings is 1. The van der Waals surface area contributed by atoms with Crippen molar-refractivity contribution in [1.82, 2.24) is 20.0 Å². The number of halogens is 2. The molecular weight excluding hydrogens is 473 g/mol. The SMILES string of the molecule is CCNC(=NCCc1cn2ccccc2n1)NCCc1ccccc1Cl.I. The molecule has 2 N–H and O–H groups in total. The van der Waals surface area contributed by atoms with Crippen LogP contribution in [0, 0.1) is 0 Å². The van der Waals surface area contributed by atoms with Crippen LogP contribution in [0.5, 0.6) is 0 Å². The van der Waals surface area contributed by atoms with Gasteiger partial charge >= 0.3 is 0 Å². The molecule has 1 aromatic carbocycles. The number of guanidine groups is 1. The third-order valence-electron chi connectivity index (χ3n) is 4.04. The van der Waals surface area contributed by atoms with Crippen LogP contribution in [0.3, 0.4) is 0 Å². The van der Waals surface area contributed by atoms with Crippen molar-refractivity contribution < 1.29 is 0 Å². The Balaban J connectivity index is 0.00000261. The Morgan fingerprint density at radius 1 is 1.11 bits per heavy atom. The fourth-order valence-electron chi connectivity index (χ4n) is 2.75. The minimum atomic E-state index is 0. The van der Waals surface area contributed by atoms with Crippen molar-refractivity contribution in [2.75, 3.05) is 19.6 Å². The summed E-state index contributed by atoms with van der Waals surface area (Å²) in [5.41, 5.74) is 3.16. The summed E-state index contributed by atoms with van der Waals surface area (Å²) in [5.74, 6) is 0.823. The highest BCUT2D eigenvalue weighted by Crippen LogP contribution is 2.14. The molecule has 2 heterocycles. The van der Waals surface area contributed by atoms with Crippen molar-refractivity contribution in [3.63, 3.8) is 0 Å². The summed E-state index contributed by atoms with van der Waals surface area (Å²) in [7, 11) is 0. The number of hydrogen-bond donors (Lipinski definition) is 2. The van der Waals surface area contributed by atoms with Gasteiger partial charge in [-0.3, -0.25) is 4.99 Å². The van der Waals surface area contributed by atoms with Gasteiger partial charge in [0.05, 0.1) is 5.69 Å². The van der Waals surface area contributed by atoms with E-state index in [0.29, 0.717) is 6.54 Å². The van der Waals surface area contributed by atoms with E-state index in [9.17, 15) is 0 Å². The molecular formula is C20H25ClIN5. The van der Waals surface area contributed by atoms with Gasteiger partial charge in [0.2, 0.25) is 0 Å². The fraction of sp³-hybridized carbons (Fsp3) is 0.300. The number of benzene rings is 1. The second-order valence-corrected chi connectivity index (χ2v) is 6.38. The van der Waals surface area contributed by atoms with Crippen LogP contribution in [0.1, 0.15) is 18.2 Å². The molecule has 0 radical (unpaired) electrons. The van der Waals surface area contributed by atoms with Gasteiger partial charge in [-0.2, -0.15) is 0 Å². The molecule has 0 saturated heterocycles. The summed E-state index contributed by atoms with van der Waals surface area (Å²) >= 11 is 6.20. The maximum atomic E-state index is 6.20. The predicted molar refractivity (Wildman–Crippen MR) is 123 cm³/mol. The van der Waals surface area contributed by atoms with Crippen molar-refractivity contribution in [3.8, 4) is 0 Å². The lowest BCUT2D eigenvalue weighted by Crippen LogP contribution is -2.38. The largest absolute Gasteiger partial charge is 0.357 e. The van der Waals surface area contributed by atoms with E-state index in [-0.39, 0.29) is 24.0 Å². The van der Waals surface area contributed by atoms with E-state index in [1.54, 1.807) is 0 Å². The normalized spacial score (nSPS) is 11.3. The van der Waals surface area contributed by atoms with E-state index in [1.165, 1.54) is 0 Å². The Kier molecular flexibility index (Phi) is 8.87. The molecule has 0 atom stereocenters. The predicted octanol–water partition coefficient (Wildman–Crippen LogP) is 3.95. The summed E-state index contributed by atoms with van der Waals surface area (Å²) < 4.78 is 2.03. The van der Waals surface area contributed by atoms with E-state index in [4.69, 9.17) is 11.6 Å². The van der Waals surface area contributed by atoms with Crippen LogP contribution in [-0.4, -0.2) is 35.0 Å². The number of hydrogen-bond acceptors (Lipinski definition) is 2. The number of nitrogens with zero attached hydrogens (tertiary/aromatic N) is 3. The molecule has 0 unspecified atom stereocenters. The smallest absolute Gasteiger partial charge is 0.191 e. The van der Waals surface area contributed by atoms with Crippen molar-refractivity contribution in [2.45, 2.75) is 19.8 Å². The Bertz CT molecular complexity index is 844. The first-order valence-electron chi connectivity index (χ1n) is 8.94. The highest BCUT2D eigenvalue weighted by molar-refractivity contribution is 14.0. The lowest BCUT2D eigenvalue weighted by Gasteiger charge is -2.11. The summed E-state index contributed by atoms with van der Waals surface area (Å²) in [5, 5.41) is 7.45. The molecule has 0 saturated carbocycles. The average molecular weight is 498 g/mol. The van der Waals surface area contributed by atoms with Gasteiger partial charge in [0.15, 0.2) is 5.96 Å². The number of fused-ring (bicyclic) bond motifs is 1. The molecule has 0 aliphatic rings. The zero-order valence-electron chi connectivity index (χ0n) is 15.4. The maximum Gasteiger partial charge on any atom is 0.191 e. The van der Waals surface area contributed by atoms with Crippen molar-refractivity contribution in [2.24, 2.45) is 4.99 Å². The first-order valence-corrected chi connectivity index (χ1v) is 9.32. The van der Waals surface area contributed by atoms with Crippen molar-refractivity contribution >= 4 is 47.2 Å². The Labute approximate surface area is 182 Å². The standard InChI is InChI=1S/C20H24ClN5.HI/c1-2-22-20(23-12-10-16-7-3-4-8-18(16)21)24-13-11-17-15-26-14-6-5-9-19(26)25-17;/h3-9,14-15H,2,10-13H2,1H3,(H2,22,23,24);1H. The molecule has 3 rings (SSSR count). The van der Waals surface area contributed by atoms with E-state index in [0.717, 1.165) is 53.8 Å². The zero-order valence-corrected chi connectivity index (χ0v) is 18.4. The van der Waals surface area contributed by atoms with Crippen LogP contribution in [0.4, 0.5) is 0 Å². The van der Waals surface area contributed by atoms with Crippen LogP contribution in [-0.2, 0) is 12.8 Å². The van der Waals surface area contributed by atoms with Crippen LogP contribution in [0.25, 0.3) is 5.65 Å². The number of imidazole rings is 1. The van der Waals surface area contributed by atoms with E-state index in [1.807, 2.05) is 47.0 Å². The van der Waals surface area contributed by atoms with Gasteiger partial charge in [-0.15, -0.1) is 24.0 Å². The van der Waals surface area contributed by atoms with Gasteiger partial charge in [-0.05, 0) is 37.1 Å². The summed E-state index contributed by atoms with van der Waals surface area (Å²) in [6.07, 6.45) is 5.73. The third kappa shape index (κ3) is 6.39.